The lowest BCUT2D eigenvalue weighted by molar-refractivity contribution is 0.107. The van der Waals surface area contributed by atoms with Gasteiger partial charge in [0, 0.05) is 6.61 Å². The van der Waals surface area contributed by atoms with Crippen molar-refractivity contribution in [2.24, 2.45) is 11.7 Å². The van der Waals surface area contributed by atoms with Crippen LogP contribution in [0, 0.1) is 5.92 Å². The second-order valence-corrected chi connectivity index (χ2v) is 3.55. The van der Waals surface area contributed by atoms with Crippen molar-refractivity contribution >= 4 is 0 Å². The van der Waals surface area contributed by atoms with Crippen LogP contribution in [0.5, 0.6) is 0 Å². The topological polar surface area (TPSA) is 86.7 Å². The van der Waals surface area contributed by atoms with Crippen molar-refractivity contribution in [3.05, 3.63) is 0 Å². The highest BCUT2D eigenvalue weighted by molar-refractivity contribution is 4.65. The molecule has 0 fully saturated rings. The zero-order valence-electron chi connectivity index (χ0n) is 9.48. The summed E-state index contributed by atoms with van der Waals surface area (Å²) in [6.07, 6.45) is 1.28. The van der Waals surface area contributed by atoms with E-state index < -0.39 is 0 Å². The molecular formula is C10H25NO3. The van der Waals surface area contributed by atoms with Crippen molar-refractivity contribution < 1.29 is 15.3 Å². The van der Waals surface area contributed by atoms with Crippen molar-refractivity contribution in [2.75, 3.05) is 13.7 Å². The quantitative estimate of drug-likeness (QED) is 0.497. The Bertz CT molecular complexity index is 97.5. The molecule has 0 aliphatic rings. The van der Waals surface area contributed by atoms with Crippen LogP contribution in [0.3, 0.4) is 0 Å². The van der Waals surface area contributed by atoms with E-state index in [1.54, 1.807) is 13.8 Å². The molecule has 0 aromatic rings. The number of hydrogen-bond donors (Lipinski definition) is 4. The molecule has 0 aliphatic heterocycles. The molecule has 0 bridgehead atoms. The lowest BCUT2D eigenvalue weighted by Gasteiger charge is -2.18. The van der Waals surface area contributed by atoms with Gasteiger partial charge in [0.25, 0.3) is 0 Å². The summed E-state index contributed by atoms with van der Waals surface area (Å²) in [5, 5.41) is 26.9. The molecule has 0 spiro atoms. The summed E-state index contributed by atoms with van der Waals surface area (Å²) in [5.41, 5.74) is 4.50. The molecule has 0 aliphatic carbocycles. The van der Waals surface area contributed by atoms with E-state index in [2.05, 4.69) is 5.73 Å². The van der Waals surface area contributed by atoms with E-state index in [-0.39, 0.29) is 24.7 Å². The molecule has 0 saturated heterocycles. The van der Waals surface area contributed by atoms with Crippen LogP contribution in [0.25, 0.3) is 0 Å². The maximum atomic E-state index is 9.10. The molecule has 0 aromatic carbocycles. The molecule has 0 radical (unpaired) electrons. The van der Waals surface area contributed by atoms with E-state index in [1.807, 2.05) is 0 Å². The standard InChI is InChI=1S/C9H20O3.CH5N/c1-7(11)5-9(3-4-10)6-8(2)12;1-2/h7-12H,3-6H2,1-2H3;2H2,1H3. The molecule has 5 N–H and O–H groups in total. The summed E-state index contributed by atoms with van der Waals surface area (Å²) in [7, 11) is 1.50. The smallest absolute Gasteiger partial charge is 0.0514 e. The maximum absolute atomic E-state index is 9.10. The van der Waals surface area contributed by atoms with Gasteiger partial charge in [0.15, 0.2) is 0 Å². The van der Waals surface area contributed by atoms with Crippen molar-refractivity contribution in [2.45, 2.75) is 45.3 Å². The molecule has 4 nitrogen and oxygen atoms in total. The first kappa shape index (κ1) is 16.3. The highest BCUT2D eigenvalue weighted by Crippen LogP contribution is 2.17. The molecule has 0 aromatic heterocycles. The third-order valence-corrected chi connectivity index (χ3v) is 1.89. The van der Waals surface area contributed by atoms with Crippen LogP contribution in [0.2, 0.25) is 0 Å². The minimum absolute atomic E-state index is 0.129. The lowest BCUT2D eigenvalue weighted by Crippen LogP contribution is -2.16. The van der Waals surface area contributed by atoms with Gasteiger partial charge in [0.1, 0.15) is 0 Å². The minimum Gasteiger partial charge on any atom is -0.396 e. The zero-order chi connectivity index (χ0) is 11.6. The molecular weight excluding hydrogens is 182 g/mol. The van der Waals surface area contributed by atoms with Crippen molar-refractivity contribution in [1.82, 2.24) is 0 Å². The summed E-state index contributed by atoms with van der Waals surface area (Å²) in [6, 6.07) is 0. The van der Waals surface area contributed by atoms with Crippen LogP contribution in [0.1, 0.15) is 33.1 Å². The second kappa shape index (κ2) is 10.9. The van der Waals surface area contributed by atoms with E-state index in [0.29, 0.717) is 19.3 Å². The maximum Gasteiger partial charge on any atom is 0.0514 e. The number of aliphatic hydroxyl groups is 3. The Kier molecular flexibility index (Phi) is 12.7. The summed E-state index contributed by atoms with van der Waals surface area (Å²) in [5.74, 6) is 0.231. The highest BCUT2D eigenvalue weighted by Gasteiger charge is 2.13. The van der Waals surface area contributed by atoms with E-state index in [9.17, 15) is 0 Å². The predicted molar refractivity (Wildman–Crippen MR) is 57.9 cm³/mol. The van der Waals surface area contributed by atoms with E-state index in [4.69, 9.17) is 15.3 Å². The number of nitrogens with two attached hydrogens (primary N) is 1. The largest absolute Gasteiger partial charge is 0.396 e. The van der Waals surface area contributed by atoms with E-state index in [0.717, 1.165) is 0 Å². The molecule has 0 amide bonds. The van der Waals surface area contributed by atoms with E-state index >= 15 is 0 Å². The van der Waals surface area contributed by atoms with Crippen LogP contribution in [0.15, 0.2) is 0 Å². The molecule has 2 unspecified atom stereocenters. The average Bonchev–Trinajstić information content (AvgIpc) is 2.06. The molecule has 4 heteroatoms. The first-order chi connectivity index (χ1) is 6.56. The first-order valence-corrected chi connectivity index (χ1v) is 5.11. The van der Waals surface area contributed by atoms with Crippen molar-refractivity contribution in [3.63, 3.8) is 0 Å². The van der Waals surface area contributed by atoms with Gasteiger partial charge in [-0.2, -0.15) is 0 Å². The normalized spacial score (nSPS) is 16.5. The van der Waals surface area contributed by atoms with Gasteiger partial charge in [-0.25, -0.2) is 0 Å². The SMILES string of the molecule is CC(O)CC(CCO)CC(C)O.CN. The van der Waals surface area contributed by atoms with Crippen molar-refractivity contribution in [1.29, 1.82) is 0 Å². The fourth-order valence-corrected chi connectivity index (χ4v) is 1.48. The number of hydrogen-bond acceptors (Lipinski definition) is 4. The Morgan fingerprint density at radius 2 is 1.36 bits per heavy atom. The van der Waals surface area contributed by atoms with Gasteiger partial charge >= 0.3 is 0 Å². The van der Waals surface area contributed by atoms with Crippen LogP contribution >= 0.6 is 0 Å². The van der Waals surface area contributed by atoms with Gasteiger partial charge in [-0.15, -0.1) is 0 Å². The number of rotatable bonds is 6. The van der Waals surface area contributed by atoms with Crippen LogP contribution < -0.4 is 5.73 Å². The van der Waals surface area contributed by atoms with Gasteiger partial charge in [-0.1, -0.05) is 0 Å². The van der Waals surface area contributed by atoms with Gasteiger partial charge in [-0.05, 0) is 46.1 Å². The second-order valence-electron chi connectivity index (χ2n) is 3.55. The summed E-state index contributed by atoms with van der Waals surface area (Å²) in [6.45, 7) is 3.59. The monoisotopic (exact) mass is 207 g/mol. The average molecular weight is 207 g/mol. The van der Waals surface area contributed by atoms with Gasteiger partial charge < -0.3 is 21.1 Å². The van der Waals surface area contributed by atoms with Crippen LogP contribution in [-0.4, -0.2) is 41.2 Å². The van der Waals surface area contributed by atoms with Crippen LogP contribution in [0.4, 0.5) is 0 Å². The van der Waals surface area contributed by atoms with E-state index in [1.165, 1.54) is 7.05 Å². The Hall–Kier alpha value is -0.160. The molecule has 2 atom stereocenters. The van der Waals surface area contributed by atoms with Gasteiger partial charge in [0.2, 0.25) is 0 Å². The van der Waals surface area contributed by atoms with Gasteiger partial charge in [-0.3, -0.25) is 0 Å². The molecule has 0 rings (SSSR count). The third-order valence-electron chi connectivity index (χ3n) is 1.89. The fraction of sp³-hybridized carbons (Fsp3) is 1.00. The predicted octanol–water partition coefficient (Wildman–Crippen LogP) is 0.102. The summed E-state index contributed by atoms with van der Waals surface area (Å²) in [4.78, 5) is 0. The van der Waals surface area contributed by atoms with Gasteiger partial charge in [0.05, 0.1) is 12.2 Å². The third kappa shape index (κ3) is 11.8. The lowest BCUT2D eigenvalue weighted by atomic mass is 9.93. The Morgan fingerprint density at radius 1 is 1.00 bits per heavy atom. The number of aliphatic hydroxyl groups excluding tert-OH is 3. The fourth-order valence-electron chi connectivity index (χ4n) is 1.48. The first-order valence-electron chi connectivity index (χ1n) is 5.11. The molecule has 14 heavy (non-hydrogen) atoms. The summed E-state index contributed by atoms with van der Waals surface area (Å²) < 4.78 is 0. The van der Waals surface area contributed by atoms with Crippen molar-refractivity contribution in [3.8, 4) is 0 Å². The Morgan fingerprint density at radius 3 is 1.57 bits per heavy atom. The molecule has 88 valence electrons. The molecule has 0 saturated carbocycles. The molecule has 0 heterocycles. The summed E-state index contributed by atoms with van der Waals surface area (Å²) >= 11 is 0. The highest BCUT2D eigenvalue weighted by atomic mass is 16.3. The van der Waals surface area contributed by atoms with Crippen LogP contribution in [-0.2, 0) is 0 Å². The Labute approximate surface area is 86.8 Å². The zero-order valence-corrected chi connectivity index (χ0v) is 9.48. The Balaban J connectivity index is 0. The minimum atomic E-state index is -0.347.